The van der Waals surface area contributed by atoms with Gasteiger partial charge in [-0.3, -0.25) is 9.59 Å². The van der Waals surface area contributed by atoms with Crippen LogP contribution in [0.2, 0.25) is 0 Å². The molecule has 134 valence electrons. The molecule has 0 aliphatic heterocycles. The molecule has 0 saturated heterocycles. The maximum absolute atomic E-state index is 12.7. The number of para-hydroxylation sites is 1. The summed E-state index contributed by atoms with van der Waals surface area (Å²) in [5, 5.41) is 18.5. The van der Waals surface area contributed by atoms with Crippen molar-refractivity contribution >= 4 is 32.4 Å². The third-order valence-corrected chi connectivity index (χ3v) is 4.90. The zero-order chi connectivity index (χ0) is 19.1. The summed E-state index contributed by atoms with van der Waals surface area (Å²) < 4.78 is 24.3. The first-order valence-electron chi connectivity index (χ1n) is 7.45. The molecule has 0 bridgehead atoms. The number of fused-ring (bicyclic) bond motifs is 1. The van der Waals surface area contributed by atoms with E-state index in [1.807, 2.05) is 0 Å². The Balaban J connectivity index is 2.15. The van der Waals surface area contributed by atoms with Gasteiger partial charge in [0, 0.05) is 12.4 Å². The zero-order valence-electron chi connectivity index (χ0n) is 13.6. The Bertz CT molecular complexity index is 1200. The molecule has 0 aliphatic rings. The zero-order valence-corrected chi connectivity index (χ0v) is 14.4. The number of pyridine rings is 1. The van der Waals surface area contributed by atoms with E-state index < -0.39 is 21.5 Å². The number of nitrogens with one attached hydrogen (secondary N) is 1. The predicted molar refractivity (Wildman–Crippen MR) is 96.6 cm³/mol. The Kier molecular flexibility index (Phi) is 4.26. The maximum atomic E-state index is 12.7. The van der Waals surface area contributed by atoms with Crippen molar-refractivity contribution in [3.05, 3.63) is 64.6 Å². The SMILES string of the molecule is Cn1c(C(=O)Nc2ccccc2S(N)(=O)=O)c(O)c2ccccc2c1=O. The highest BCUT2D eigenvalue weighted by Gasteiger charge is 2.22. The van der Waals surface area contributed by atoms with Crippen molar-refractivity contribution in [1.29, 1.82) is 0 Å². The van der Waals surface area contributed by atoms with Gasteiger partial charge in [0.2, 0.25) is 10.0 Å². The van der Waals surface area contributed by atoms with E-state index in [0.717, 1.165) is 4.57 Å². The molecule has 26 heavy (non-hydrogen) atoms. The summed E-state index contributed by atoms with van der Waals surface area (Å²) in [5.41, 5.74) is -0.818. The second-order valence-electron chi connectivity index (χ2n) is 5.60. The van der Waals surface area contributed by atoms with E-state index in [9.17, 15) is 23.1 Å². The third-order valence-electron chi connectivity index (χ3n) is 3.93. The van der Waals surface area contributed by atoms with Crippen LogP contribution >= 0.6 is 0 Å². The van der Waals surface area contributed by atoms with Gasteiger partial charge in [0.15, 0.2) is 11.4 Å². The smallest absolute Gasteiger partial charge is 0.276 e. The molecule has 1 heterocycles. The number of nitrogens with zero attached hydrogens (tertiary/aromatic N) is 1. The number of hydrogen-bond acceptors (Lipinski definition) is 5. The van der Waals surface area contributed by atoms with Crippen molar-refractivity contribution in [2.75, 3.05) is 5.32 Å². The highest BCUT2D eigenvalue weighted by Crippen LogP contribution is 2.27. The maximum Gasteiger partial charge on any atom is 0.276 e. The average Bonchev–Trinajstić information content (AvgIpc) is 2.59. The highest BCUT2D eigenvalue weighted by molar-refractivity contribution is 7.89. The fourth-order valence-electron chi connectivity index (χ4n) is 2.70. The quantitative estimate of drug-likeness (QED) is 0.633. The highest BCUT2D eigenvalue weighted by atomic mass is 32.2. The molecule has 8 nitrogen and oxygen atoms in total. The molecule has 0 saturated carbocycles. The van der Waals surface area contributed by atoms with E-state index in [1.165, 1.54) is 43.4 Å². The van der Waals surface area contributed by atoms with Gasteiger partial charge in [0.1, 0.15) is 4.90 Å². The molecule has 0 fully saturated rings. The van der Waals surface area contributed by atoms with Gasteiger partial charge in [0.25, 0.3) is 11.5 Å². The van der Waals surface area contributed by atoms with Crippen LogP contribution in [0.25, 0.3) is 10.8 Å². The Morgan fingerprint density at radius 2 is 1.65 bits per heavy atom. The first-order valence-corrected chi connectivity index (χ1v) is 9.00. The van der Waals surface area contributed by atoms with Crippen molar-refractivity contribution < 1.29 is 18.3 Å². The molecular weight excluding hydrogens is 358 g/mol. The monoisotopic (exact) mass is 373 g/mol. The fourth-order valence-corrected chi connectivity index (χ4v) is 3.40. The number of benzene rings is 2. The lowest BCUT2D eigenvalue weighted by Gasteiger charge is -2.14. The van der Waals surface area contributed by atoms with Crippen LogP contribution in [0.3, 0.4) is 0 Å². The normalized spacial score (nSPS) is 11.5. The average molecular weight is 373 g/mol. The van der Waals surface area contributed by atoms with Gasteiger partial charge in [-0.05, 0) is 18.2 Å². The van der Waals surface area contributed by atoms with Gasteiger partial charge in [-0.1, -0.05) is 30.3 Å². The van der Waals surface area contributed by atoms with E-state index in [-0.39, 0.29) is 32.8 Å². The van der Waals surface area contributed by atoms with Gasteiger partial charge in [-0.25, -0.2) is 13.6 Å². The molecule has 0 radical (unpaired) electrons. The second kappa shape index (κ2) is 6.28. The van der Waals surface area contributed by atoms with Gasteiger partial charge < -0.3 is 15.0 Å². The lowest BCUT2D eigenvalue weighted by Crippen LogP contribution is -2.27. The van der Waals surface area contributed by atoms with Crippen LogP contribution in [0, 0.1) is 0 Å². The molecule has 0 spiro atoms. The van der Waals surface area contributed by atoms with Crippen molar-refractivity contribution in [1.82, 2.24) is 4.57 Å². The standard InChI is InChI=1S/C17H15N3O5S/c1-20-14(15(21)10-6-2-3-7-11(10)17(20)23)16(22)19-12-8-4-5-9-13(12)26(18,24)25/h2-9,21H,1H3,(H,19,22)(H2,18,24,25). The minimum Gasteiger partial charge on any atom is -0.505 e. The van der Waals surface area contributed by atoms with Gasteiger partial charge in [0.05, 0.1) is 11.1 Å². The largest absolute Gasteiger partial charge is 0.505 e. The van der Waals surface area contributed by atoms with Crippen LogP contribution in [-0.4, -0.2) is 24.0 Å². The first-order chi connectivity index (χ1) is 12.2. The summed E-state index contributed by atoms with van der Waals surface area (Å²) in [5.74, 6) is -1.22. The third kappa shape index (κ3) is 2.93. The summed E-state index contributed by atoms with van der Waals surface area (Å²) in [6.07, 6.45) is 0. The first kappa shape index (κ1) is 17.6. The van der Waals surface area contributed by atoms with Crippen LogP contribution in [0.15, 0.2) is 58.2 Å². The molecular formula is C17H15N3O5S. The number of hydrogen-bond donors (Lipinski definition) is 3. The van der Waals surface area contributed by atoms with E-state index in [4.69, 9.17) is 5.14 Å². The molecule has 3 rings (SSSR count). The van der Waals surface area contributed by atoms with E-state index in [2.05, 4.69) is 5.32 Å². The van der Waals surface area contributed by atoms with Crippen LogP contribution in [-0.2, 0) is 17.1 Å². The Morgan fingerprint density at radius 3 is 2.31 bits per heavy atom. The Hall–Kier alpha value is -3.17. The van der Waals surface area contributed by atoms with Crippen molar-refractivity contribution in [3.8, 4) is 5.75 Å². The number of amides is 1. The minimum atomic E-state index is -4.07. The van der Waals surface area contributed by atoms with Crippen LogP contribution in [0.4, 0.5) is 5.69 Å². The number of nitrogens with two attached hydrogens (primary N) is 1. The Labute approximate surface area is 148 Å². The molecule has 0 unspecified atom stereocenters. The van der Waals surface area contributed by atoms with Crippen LogP contribution in [0.5, 0.6) is 5.75 Å². The number of sulfonamides is 1. The van der Waals surface area contributed by atoms with Gasteiger partial charge >= 0.3 is 0 Å². The Morgan fingerprint density at radius 1 is 1.08 bits per heavy atom. The molecule has 4 N–H and O–H groups in total. The van der Waals surface area contributed by atoms with Crippen molar-refractivity contribution in [3.63, 3.8) is 0 Å². The number of primary sulfonamides is 1. The number of carbonyl (C=O) groups excluding carboxylic acids is 1. The summed E-state index contributed by atoms with van der Waals surface area (Å²) in [4.78, 5) is 24.8. The van der Waals surface area contributed by atoms with Crippen molar-refractivity contribution in [2.24, 2.45) is 12.2 Å². The fraction of sp³-hybridized carbons (Fsp3) is 0.0588. The number of rotatable bonds is 3. The number of aromatic hydroxyl groups is 1. The molecule has 3 aromatic rings. The molecule has 0 atom stereocenters. The summed E-state index contributed by atoms with van der Waals surface area (Å²) in [7, 11) is -2.73. The summed E-state index contributed by atoms with van der Waals surface area (Å²) in [6.45, 7) is 0. The van der Waals surface area contributed by atoms with Gasteiger partial charge in [-0.15, -0.1) is 0 Å². The van der Waals surface area contributed by atoms with Crippen LogP contribution < -0.4 is 16.0 Å². The topological polar surface area (TPSA) is 131 Å². The molecule has 0 aliphatic carbocycles. The molecule has 2 aromatic carbocycles. The number of aromatic nitrogens is 1. The lowest BCUT2D eigenvalue weighted by atomic mass is 10.1. The van der Waals surface area contributed by atoms with Crippen LogP contribution in [0.1, 0.15) is 10.5 Å². The van der Waals surface area contributed by atoms with E-state index in [1.54, 1.807) is 12.1 Å². The van der Waals surface area contributed by atoms with Gasteiger partial charge in [-0.2, -0.15) is 0 Å². The minimum absolute atomic E-state index is 0.0555. The number of carbonyl (C=O) groups is 1. The molecule has 9 heteroatoms. The predicted octanol–water partition coefficient (Wildman–Crippen LogP) is 1.14. The molecule has 1 amide bonds. The van der Waals surface area contributed by atoms with E-state index >= 15 is 0 Å². The summed E-state index contributed by atoms with van der Waals surface area (Å²) >= 11 is 0. The second-order valence-corrected chi connectivity index (χ2v) is 7.13. The summed E-state index contributed by atoms with van der Waals surface area (Å²) in [6, 6.07) is 11.9. The number of anilines is 1. The molecule has 1 aromatic heterocycles. The lowest BCUT2D eigenvalue weighted by molar-refractivity contribution is 0.101. The van der Waals surface area contributed by atoms with Crippen molar-refractivity contribution in [2.45, 2.75) is 4.90 Å². The van der Waals surface area contributed by atoms with E-state index in [0.29, 0.717) is 0 Å².